The molecule has 0 heterocycles. The second kappa shape index (κ2) is 5.48. The predicted octanol–water partition coefficient (Wildman–Crippen LogP) is 4.70. The molecule has 0 radical (unpaired) electrons. The third-order valence-electron chi connectivity index (χ3n) is 3.61. The van der Waals surface area contributed by atoms with Crippen LogP contribution >= 0.6 is 23.4 Å². The number of hydrogen-bond acceptors (Lipinski definition) is 2. The highest BCUT2D eigenvalue weighted by molar-refractivity contribution is 7.98. The molecule has 3 heteroatoms. The van der Waals surface area contributed by atoms with Crippen molar-refractivity contribution in [2.75, 3.05) is 5.73 Å². The van der Waals surface area contributed by atoms with E-state index in [1.807, 2.05) is 18.2 Å². The molecular formula is C16H16ClNS. The minimum Gasteiger partial charge on any atom is -0.398 e. The Bertz CT molecular complexity index is 589. The molecule has 0 amide bonds. The van der Waals surface area contributed by atoms with E-state index in [1.165, 1.54) is 35.3 Å². The first-order chi connectivity index (χ1) is 9.24. The molecule has 98 valence electrons. The van der Waals surface area contributed by atoms with Gasteiger partial charge < -0.3 is 5.73 Å². The van der Waals surface area contributed by atoms with Gasteiger partial charge in [0.2, 0.25) is 0 Å². The van der Waals surface area contributed by atoms with E-state index < -0.39 is 0 Å². The molecule has 19 heavy (non-hydrogen) atoms. The Kier molecular flexibility index (Phi) is 3.72. The summed E-state index contributed by atoms with van der Waals surface area (Å²) in [5, 5.41) is 0.758. The quantitative estimate of drug-likeness (QED) is 0.654. The summed E-state index contributed by atoms with van der Waals surface area (Å²) in [6.07, 6.45) is 3.75. The smallest absolute Gasteiger partial charge is 0.0467 e. The molecule has 0 spiro atoms. The van der Waals surface area contributed by atoms with Gasteiger partial charge in [0.25, 0.3) is 0 Å². The molecule has 0 bridgehead atoms. The second-order valence-corrected chi connectivity index (χ2v) is 6.34. The zero-order valence-electron chi connectivity index (χ0n) is 10.7. The summed E-state index contributed by atoms with van der Waals surface area (Å²) in [6.45, 7) is 0. The number of hydrogen-bond donors (Lipinski definition) is 1. The van der Waals surface area contributed by atoms with Crippen LogP contribution in [0.15, 0.2) is 41.3 Å². The summed E-state index contributed by atoms with van der Waals surface area (Å²) in [5.41, 5.74) is 10.8. The number of rotatable bonds is 3. The second-order valence-electron chi connectivity index (χ2n) is 4.88. The molecule has 2 aromatic rings. The summed E-state index contributed by atoms with van der Waals surface area (Å²) in [6, 6.07) is 12.5. The Morgan fingerprint density at radius 3 is 2.79 bits per heavy atom. The zero-order valence-corrected chi connectivity index (χ0v) is 12.2. The Hall–Kier alpha value is -1.12. The van der Waals surface area contributed by atoms with Crippen LogP contribution in [0.5, 0.6) is 0 Å². The van der Waals surface area contributed by atoms with Crippen LogP contribution in [0.25, 0.3) is 0 Å². The number of nitrogens with two attached hydrogens (primary N) is 1. The average molecular weight is 290 g/mol. The van der Waals surface area contributed by atoms with Crippen LogP contribution in [0.3, 0.4) is 0 Å². The molecule has 0 saturated carbocycles. The van der Waals surface area contributed by atoms with Gasteiger partial charge in [0, 0.05) is 26.9 Å². The molecule has 0 unspecified atom stereocenters. The van der Waals surface area contributed by atoms with Crippen molar-refractivity contribution in [2.45, 2.75) is 29.9 Å². The van der Waals surface area contributed by atoms with E-state index in [0.29, 0.717) is 0 Å². The topological polar surface area (TPSA) is 26.0 Å². The molecule has 2 aromatic carbocycles. The Labute approximate surface area is 123 Å². The molecule has 0 aliphatic heterocycles. The highest BCUT2D eigenvalue weighted by Crippen LogP contribution is 2.32. The summed E-state index contributed by atoms with van der Waals surface area (Å²) in [5.74, 6) is 0.824. The Balaban J connectivity index is 1.76. The summed E-state index contributed by atoms with van der Waals surface area (Å²) in [4.78, 5) is 1.31. The summed E-state index contributed by atoms with van der Waals surface area (Å²) in [7, 11) is 0. The van der Waals surface area contributed by atoms with Crippen LogP contribution in [0, 0.1) is 0 Å². The fourth-order valence-corrected chi connectivity index (χ4v) is 3.87. The number of anilines is 1. The largest absolute Gasteiger partial charge is 0.398 e. The number of nitrogen functional groups attached to an aromatic ring is 1. The van der Waals surface area contributed by atoms with E-state index in [-0.39, 0.29) is 0 Å². The van der Waals surface area contributed by atoms with E-state index in [1.54, 1.807) is 11.8 Å². The summed E-state index contributed by atoms with van der Waals surface area (Å²) < 4.78 is 0. The highest BCUT2D eigenvalue weighted by atomic mass is 35.5. The molecule has 0 atom stereocenters. The first-order valence-corrected chi connectivity index (χ1v) is 7.88. The maximum absolute atomic E-state index is 6.20. The van der Waals surface area contributed by atoms with E-state index in [2.05, 4.69) is 18.2 Å². The van der Waals surface area contributed by atoms with Gasteiger partial charge in [-0.25, -0.2) is 0 Å². The SMILES string of the molecule is Nc1cccc(Cl)c1CSc1ccc2c(c1)CCC2. The number of halogens is 1. The first-order valence-electron chi connectivity index (χ1n) is 6.51. The summed E-state index contributed by atoms with van der Waals surface area (Å²) >= 11 is 8.00. The maximum Gasteiger partial charge on any atom is 0.0467 e. The number of fused-ring (bicyclic) bond motifs is 1. The van der Waals surface area contributed by atoms with Gasteiger partial charge in [0.15, 0.2) is 0 Å². The van der Waals surface area contributed by atoms with Crippen molar-refractivity contribution in [3.8, 4) is 0 Å². The van der Waals surface area contributed by atoms with Gasteiger partial charge in [-0.3, -0.25) is 0 Å². The van der Waals surface area contributed by atoms with Gasteiger partial charge in [0.05, 0.1) is 0 Å². The standard InChI is InChI=1S/C16H16ClNS/c17-15-5-2-6-16(18)14(15)10-19-13-8-7-11-3-1-4-12(11)9-13/h2,5-9H,1,3-4,10,18H2. The van der Waals surface area contributed by atoms with Crippen molar-refractivity contribution in [1.82, 2.24) is 0 Å². The molecule has 0 fully saturated rings. The fraction of sp³-hybridized carbons (Fsp3) is 0.250. The van der Waals surface area contributed by atoms with Crippen molar-refractivity contribution in [3.05, 3.63) is 58.1 Å². The number of aryl methyl sites for hydroxylation is 2. The van der Waals surface area contributed by atoms with Gasteiger partial charge in [-0.05, 0) is 54.7 Å². The monoisotopic (exact) mass is 289 g/mol. The van der Waals surface area contributed by atoms with Crippen molar-refractivity contribution in [3.63, 3.8) is 0 Å². The van der Waals surface area contributed by atoms with Crippen molar-refractivity contribution in [2.24, 2.45) is 0 Å². The molecule has 0 aromatic heterocycles. The van der Waals surface area contributed by atoms with Gasteiger partial charge in [-0.1, -0.05) is 23.7 Å². The third-order valence-corrected chi connectivity index (χ3v) is 4.98. The lowest BCUT2D eigenvalue weighted by Gasteiger charge is -2.09. The predicted molar refractivity (Wildman–Crippen MR) is 83.9 cm³/mol. The lowest BCUT2D eigenvalue weighted by molar-refractivity contribution is 0.911. The minimum absolute atomic E-state index is 0.758. The van der Waals surface area contributed by atoms with Crippen LogP contribution in [-0.2, 0) is 18.6 Å². The maximum atomic E-state index is 6.20. The molecule has 3 rings (SSSR count). The van der Waals surface area contributed by atoms with Crippen LogP contribution in [0.1, 0.15) is 23.1 Å². The van der Waals surface area contributed by atoms with Gasteiger partial charge in [0.1, 0.15) is 0 Å². The highest BCUT2D eigenvalue weighted by Gasteiger charge is 2.11. The van der Waals surface area contributed by atoms with Crippen molar-refractivity contribution >= 4 is 29.1 Å². The van der Waals surface area contributed by atoms with Crippen LogP contribution in [-0.4, -0.2) is 0 Å². The van der Waals surface area contributed by atoms with Gasteiger partial charge >= 0.3 is 0 Å². The average Bonchev–Trinajstić information content (AvgIpc) is 2.85. The molecule has 0 saturated heterocycles. The fourth-order valence-electron chi connectivity index (χ4n) is 2.52. The molecule has 1 nitrogen and oxygen atoms in total. The molecular weight excluding hydrogens is 274 g/mol. The zero-order chi connectivity index (χ0) is 13.2. The van der Waals surface area contributed by atoms with Gasteiger partial charge in [-0.15, -0.1) is 11.8 Å². The van der Waals surface area contributed by atoms with E-state index in [4.69, 9.17) is 17.3 Å². The molecule has 1 aliphatic carbocycles. The normalized spacial score (nSPS) is 13.5. The van der Waals surface area contributed by atoms with Gasteiger partial charge in [-0.2, -0.15) is 0 Å². The van der Waals surface area contributed by atoms with E-state index in [0.717, 1.165) is 22.0 Å². The Morgan fingerprint density at radius 2 is 1.95 bits per heavy atom. The minimum atomic E-state index is 0.758. The van der Waals surface area contributed by atoms with Crippen LogP contribution in [0.4, 0.5) is 5.69 Å². The third kappa shape index (κ3) is 2.75. The van der Waals surface area contributed by atoms with E-state index >= 15 is 0 Å². The van der Waals surface area contributed by atoms with E-state index in [9.17, 15) is 0 Å². The van der Waals surface area contributed by atoms with Crippen molar-refractivity contribution < 1.29 is 0 Å². The van der Waals surface area contributed by atoms with Crippen LogP contribution in [0.2, 0.25) is 5.02 Å². The first kappa shape index (κ1) is 12.9. The lowest BCUT2D eigenvalue weighted by atomic mass is 10.1. The lowest BCUT2D eigenvalue weighted by Crippen LogP contribution is -1.93. The number of benzene rings is 2. The molecule has 1 aliphatic rings. The molecule has 2 N–H and O–H groups in total. The number of thioether (sulfide) groups is 1. The van der Waals surface area contributed by atoms with Crippen molar-refractivity contribution in [1.29, 1.82) is 0 Å². The van der Waals surface area contributed by atoms with Crippen LogP contribution < -0.4 is 5.73 Å². The Morgan fingerprint density at radius 1 is 1.11 bits per heavy atom.